The molecule has 7 heteroatoms. The zero-order valence-electron chi connectivity index (χ0n) is 15.8. The van der Waals surface area contributed by atoms with Gasteiger partial charge in [0.25, 0.3) is 5.56 Å². The van der Waals surface area contributed by atoms with Gasteiger partial charge in [0.05, 0.1) is 4.90 Å². The van der Waals surface area contributed by atoms with Gasteiger partial charge in [-0.15, -0.1) is 11.3 Å². The van der Waals surface area contributed by atoms with E-state index < -0.39 is 10.0 Å². The molecule has 2 aromatic carbocycles. The van der Waals surface area contributed by atoms with Gasteiger partial charge in [-0.05, 0) is 54.1 Å². The van der Waals surface area contributed by atoms with E-state index in [9.17, 15) is 13.2 Å². The van der Waals surface area contributed by atoms with Gasteiger partial charge in [-0.3, -0.25) is 4.79 Å². The number of H-pyrrole nitrogens is 1. The number of nitrogens with one attached hydrogen (secondary N) is 1. The average Bonchev–Trinajstić information content (AvgIpc) is 3.22. The molecule has 0 fully saturated rings. The van der Waals surface area contributed by atoms with E-state index in [4.69, 9.17) is 0 Å². The Labute approximate surface area is 173 Å². The molecule has 2 aromatic heterocycles. The monoisotopic (exact) mass is 424 g/mol. The summed E-state index contributed by atoms with van der Waals surface area (Å²) >= 11 is 1.49. The molecule has 5 nitrogen and oxygen atoms in total. The van der Waals surface area contributed by atoms with Gasteiger partial charge in [0.2, 0.25) is 10.0 Å². The summed E-state index contributed by atoms with van der Waals surface area (Å²) in [6, 6.07) is 19.7. The van der Waals surface area contributed by atoms with Crippen LogP contribution in [-0.2, 0) is 23.1 Å². The fourth-order valence-electron chi connectivity index (χ4n) is 3.22. The molecule has 4 rings (SSSR count). The lowest BCUT2D eigenvalue weighted by Gasteiger charge is -2.21. The first kappa shape index (κ1) is 19.6. The summed E-state index contributed by atoms with van der Waals surface area (Å²) < 4.78 is 28.0. The van der Waals surface area contributed by atoms with Gasteiger partial charge < -0.3 is 4.98 Å². The van der Waals surface area contributed by atoms with E-state index in [1.165, 1.54) is 15.6 Å². The van der Waals surface area contributed by atoms with Gasteiger partial charge in [0, 0.05) is 29.0 Å². The van der Waals surface area contributed by atoms with Crippen molar-refractivity contribution in [1.29, 1.82) is 0 Å². The van der Waals surface area contributed by atoms with Crippen LogP contribution in [0.5, 0.6) is 0 Å². The van der Waals surface area contributed by atoms with Crippen molar-refractivity contribution in [3.05, 3.63) is 98.5 Å². The third-order valence-electron chi connectivity index (χ3n) is 4.72. The summed E-state index contributed by atoms with van der Waals surface area (Å²) in [6.45, 7) is 2.18. The first-order chi connectivity index (χ1) is 13.9. The van der Waals surface area contributed by atoms with Crippen LogP contribution >= 0.6 is 11.3 Å². The molecule has 0 aliphatic rings. The number of pyridine rings is 1. The molecule has 0 saturated heterocycles. The molecule has 2 heterocycles. The summed E-state index contributed by atoms with van der Waals surface area (Å²) in [6.07, 6.45) is 0. The Morgan fingerprint density at radius 2 is 1.76 bits per heavy atom. The normalized spacial score (nSPS) is 11.9. The summed E-state index contributed by atoms with van der Waals surface area (Å²) in [5.41, 5.74) is 1.95. The minimum Gasteiger partial charge on any atom is -0.322 e. The lowest BCUT2D eigenvalue weighted by atomic mass is 10.1. The highest BCUT2D eigenvalue weighted by molar-refractivity contribution is 7.89. The molecule has 4 aromatic rings. The van der Waals surface area contributed by atoms with Crippen LogP contribution in [0.3, 0.4) is 0 Å². The number of benzene rings is 2. The molecule has 0 radical (unpaired) electrons. The maximum atomic E-state index is 13.3. The van der Waals surface area contributed by atoms with Crippen LogP contribution in [0, 0.1) is 6.92 Å². The van der Waals surface area contributed by atoms with E-state index in [0.29, 0.717) is 5.56 Å². The smallest absolute Gasteiger partial charge is 0.252 e. The first-order valence-corrected chi connectivity index (χ1v) is 11.5. The van der Waals surface area contributed by atoms with Crippen LogP contribution in [0.1, 0.15) is 16.0 Å². The van der Waals surface area contributed by atoms with E-state index in [1.807, 2.05) is 42.6 Å². The lowest BCUT2D eigenvalue weighted by molar-refractivity contribution is 0.402. The van der Waals surface area contributed by atoms with Crippen molar-refractivity contribution in [2.45, 2.75) is 24.9 Å². The maximum absolute atomic E-state index is 13.3. The summed E-state index contributed by atoms with van der Waals surface area (Å²) in [4.78, 5) is 16.6. The average molecular weight is 425 g/mol. The number of sulfonamides is 1. The predicted molar refractivity (Wildman–Crippen MR) is 116 cm³/mol. The SMILES string of the molecule is Cc1ccc2[nH]c(=O)c(CN(Cc3cccs3)S(=O)(=O)c3ccccc3)cc2c1. The van der Waals surface area contributed by atoms with Gasteiger partial charge in [-0.2, -0.15) is 4.31 Å². The second-order valence-corrected chi connectivity index (χ2v) is 9.85. The second-order valence-electron chi connectivity index (χ2n) is 6.88. The highest BCUT2D eigenvalue weighted by Crippen LogP contribution is 2.23. The molecule has 0 spiro atoms. The minimum absolute atomic E-state index is 0.00561. The van der Waals surface area contributed by atoms with Crippen molar-refractivity contribution in [2.75, 3.05) is 0 Å². The number of fused-ring (bicyclic) bond motifs is 1. The van der Waals surface area contributed by atoms with Gasteiger partial charge in [0.1, 0.15) is 0 Å². The van der Waals surface area contributed by atoms with Crippen molar-refractivity contribution in [2.24, 2.45) is 0 Å². The van der Waals surface area contributed by atoms with E-state index in [1.54, 1.807) is 36.4 Å². The number of rotatable bonds is 6. The van der Waals surface area contributed by atoms with Crippen molar-refractivity contribution < 1.29 is 8.42 Å². The van der Waals surface area contributed by atoms with Crippen LogP contribution in [0.4, 0.5) is 0 Å². The third-order valence-corrected chi connectivity index (χ3v) is 7.38. The van der Waals surface area contributed by atoms with E-state index in [-0.39, 0.29) is 23.5 Å². The Kier molecular flexibility index (Phi) is 5.36. The number of aromatic nitrogens is 1. The molecule has 0 saturated carbocycles. The van der Waals surface area contributed by atoms with E-state index in [2.05, 4.69) is 4.98 Å². The Morgan fingerprint density at radius 1 is 0.966 bits per heavy atom. The number of aryl methyl sites for hydroxylation is 1. The zero-order valence-corrected chi connectivity index (χ0v) is 17.5. The van der Waals surface area contributed by atoms with Crippen LogP contribution in [0.2, 0.25) is 0 Å². The highest BCUT2D eigenvalue weighted by Gasteiger charge is 2.26. The standard InChI is InChI=1S/C22H20N2O3S2/c1-16-9-10-21-17(12-16)13-18(22(25)23-21)14-24(15-19-6-5-11-28-19)29(26,27)20-7-3-2-4-8-20/h2-13H,14-15H2,1H3,(H,23,25). The van der Waals surface area contributed by atoms with Gasteiger partial charge in [-0.1, -0.05) is 35.9 Å². The van der Waals surface area contributed by atoms with Crippen molar-refractivity contribution in [3.63, 3.8) is 0 Å². The molecule has 0 aliphatic carbocycles. The maximum Gasteiger partial charge on any atom is 0.252 e. The lowest BCUT2D eigenvalue weighted by Crippen LogP contribution is -2.32. The third kappa shape index (κ3) is 4.17. The van der Waals surface area contributed by atoms with Gasteiger partial charge >= 0.3 is 0 Å². The zero-order chi connectivity index (χ0) is 20.4. The quantitative estimate of drug-likeness (QED) is 0.502. The van der Waals surface area contributed by atoms with Crippen molar-refractivity contribution in [3.8, 4) is 0 Å². The number of hydrogen-bond acceptors (Lipinski definition) is 4. The Balaban J connectivity index is 1.77. The molecule has 29 heavy (non-hydrogen) atoms. The topological polar surface area (TPSA) is 70.2 Å². The largest absolute Gasteiger partial charge is 0.322 e. The van der Waals surface area contributed by atoms with Crippen molar-refractivity contribution >= 4 is 32.3 Å². The Bertz CT molecular complexity index is 1300. The summed E-state index contributed by atoms with van der Waals surface area (Å²) in [5, 5.41) is 2.79. The van der Waals surface area contributed by atoms with Crippen LogP contribution in [0.15, 0.2) is 81.8 Å². The first-order valence-electron chi connectivity index (χ1n) is 9.13. The van der Waals surface area contributed by atoms with E-state index in [0.717, 1.165) is 21.3 Å². The number of hydrogen-bond donors (Lipinski definition) is 1. The molecule has 1 N–H and O–H groups in total. The fourth-order valence-corrected chi connectivity index (χ4v) is 5.44. The molecule has 0 aliphatic heterocycles. The second kappa shape index (κ2) is 7.94. The Hall–Kier alpha value is -2.74. The van der Waals surface area contributed by atoms with Crippen LogP contribution in [0.25, 0.3) is 10.9 Å². The molecule has 0 unspecified atom stereocenters. The van der Waals surface area contributed by atoms with E-state index >= 15 is 0 Å². The predicted octanol–water partition coefficient (Wildman–Crippen LogP) is 4.29. The van der Waals surface area contributed by atoms with Crippen LogP contribution in [-0.4, -0.2) is 17.7 Å². The molecule has 148 valence electrons. The molecular weight excluding hydrogens is 404 g/mol. The van der Waals surface area contributed by atoms with Crippen LogP contribution < -0.4 is 5.56 Å². The van der Waals surface area contributed by atoms with Gasteiger partial charge in [0.15, 0.2) is 0 Å². The summed E-state index contributed by atoms with van der Waals surface area (Å²) in [7, 11) is -3.77. The number of thiophene rings is 1. The van der Waals surface area contributed by atoms with Crippen molar-refractivity contribution in [1.82, 2.24) is 9.29 Å². The molecule has 0 amide bonds. The fraction of sp³-hybridized carbons (Fsp3) is 0.136. The molecule has 0 atom stereocenters. The highest BCUT2D eigenvalue weighted by atomic mass is 32.2. The minimum atomic E-state index is -3.77. The molecular formula is C22H20N2O3S2. The Morgan fingerprint density at radius 3 is 2.48 bits per heavy atom. The number of nitrogens with zero attached hydrogens (tertiary/aromatic N) is 1. The molecule has 0 bridgehead atoms. The van der Waals surface area contributed by atoms with Gasteiger partial charge in [-0.25, -0.2) is 8.42 Å². The summed E-state index contributed by atoms with van der Waals surface area (Å²) in [5.74, 6) is 0. The number of aromatic amines is 1.